The van der Waals surface area contributed by atoms with E-state index in [1.54, 1.807) is 18.2 Å². The Kier molecular flexibility index (Phi) is 9.27. The van der Waals surface area contributed by atoms with Crippen LogP contribution < -0.4 is 9.64 Å². The van der Waals surface area contributed by atoms with E-state index < -0.39 is 0 Å². The molecule has 3 aromatic rings. The predicted octanol–water partition coefficient (Wildman–Crippen LogP) is 8.01. The summed E-state index contributed by atoms with van der Waals surface area (Å²) in [4.78, 5) is 14.2. The lowest BCUT2D eigenvalue weighted by atomic mass is 10.1. The minimum Gasteiger partial charge on any atom is -0.460 e. The lowest BCUT2D eigenvalue weighted by Crippen LogP contribution is -2.29. The molecule has 3 aromatic carbocycles. The van der Waals surface area contributed by atoms with E-state index in [0.717, 1.165) is 16.9 Å². The number of nitriles is 1. The van der Waals surface area contributed by atoms with Crippen LogP contribution >= 0.6 is 11.6 Å². The Labute approximate surface area is 227 Å². The molecular weight excluding hydrogens is 500 g/mol. The van der Waals surface area contributed by atoms with Gasteiger partial charge < -0.3 is 14.4 Å². The van der Waals surface area contributed by atoms with Crippen molar-refractivity contribution in [1.82, 2.24) is 0 Å². The molecule has 0 radical (unpaired) electrons. The number of rotatable bonds is 11. The van der Waals surface area contributed by atoms with Crippen LogP contribution in [0.5, 0.6) is 11.5 Å². The van der Waals surface area contributed by atoms with Crippen molar-refractivity contribution in [3.05, 3.63) is 101 Å². The summed E-state index contributed by atoms with van der Waals surface area (Å²) in [7, 11) is 0. The maximum Gasteiger partial charge on any atom is 0.334 e. The van der Waals surface area contributed by atoms with Crippen LogP contribution in [-0.2, 0) is 9.53 Å². The van der Waals surface area contributed by atoms with Gasteiger partial charge in [-0.25, -0.2) is 4.79 Å². The number of ether oxygens (including phenoxy) is 2. The molecule has 4 rings (SSSR count). The van der Waals surface area contributed by atoms with Crippen LogP contribution in [0.4, 0.5) is 17.1 Å². The largest absolute Gasteiger partial charge is 0.460 e. The molecule has 0 fully saturated rings. The Morgan fingerprint density at radius 3 is 2.42 bits per heavy atom. The molecule has 0 heterocycles. The zero-order chi connectivity index (χ0) is 26.7. The molecule has 192 valence electrons. The van der Waals surface area contributed by atoms with Gasteiger partial charge >= 0.3 is 5.97 Å². The van der Waals surface area contributed by atoms with Crippen molar-refractivity contribution in [2.75, 3.05) is 24.6 Å². The van der Waals surface area contributed by atoms with Gasteiger partial charge in [-0.15, -0.1) is 0 Å². The van der Waals surface area contributed by atoms with Gasteiger partial charge in [0.05, 0.1) is 30.4 Å². The van der Waals surface area contributed by atoms with E-state index >= 15 is 0 Å². The first-order valence-corrected chi connectivity index (χ1v) is 12.6. The highest BCUT2D eigenvalue weighted by Gasteiger charge is 2.14. The van der Waals surface area contributed by atoms with E-state index in [1.165, 1.54) is 0 Å². The van der Waals surface area contributed by atoms with Crippen molar-refractivity contribution < 1.29 is 14.3 Å². The van der Waals surface area contributed by atoms with Gasteiger partial charge in [-0.3, -0.25) is 0 Å². The lowest BCUT2D eigenvalue weighted by molar-refractivity contribution is -0.138. The summed E-state index contributed by atoms with van der Waals surface area (Å²) in [6.45, 7) is 3.21. The highest BCUT2D eigenvalue weighted by molar-refractivity contribution is 6.30. The number of anilines is 1. The molecule has 0 atom stereocenters. The Hall–Kier alpha value is -4.41. The Morgan fingerprint density at radius 2 is 1.76 bits per heavy atom. The number of halogens is 1. The maximum atomic E-state index is 12.1. The highest BCUT2D eigenvalue weighted by Crippen LogP contribution is 2.29. The highest BCUT2D eigenvalue weighted by atomic mass is 35.5. The molecule has 1 aliphatic rings. The fourth-order valence-electron chi connectivity index (χ4n) is 3.77. The Balaban J connectivity index is 1.36. The topological polar surface area (TPSA) is 87.3 Å². The number of azo groups is 1. The summed E-state index contributed by atoms with van der Waals surface area (Å²) in [6.07, 6.45) is 6.51. The van der Waals surface area contributed by atoms with Crippen LogP contribution in [0.1, 0.15) is 18.4 Å². The van der Waals surface area contributed by atoms with Crippen molar-refractivity contribution in [2.24, 2.45) is 10.2 Å². The van der Waals surface area contributed by atoms with Crippen LogP contribution in [0.25, 0.3) is 0 Å². The average Bonchev–Trinajstić information content (AvgIpc) is 3.47. The van der Waals surface area contributed by atoms with Crippen molar-refractivity contribution >= 4 is 34.6 Å². The van der Waals surface area contributed by atoms with E-state index in [0.29, 0.717) is 53.7 Å². The first-order chi connectivity index (χ1) is 18.5. The molecule has 8 heteroatoms. The van der Waals surface area contributed by atoms with Crippen molar-refractivity contribution in [3.8, 4) is 17.6 Å². The zero-order valence-electron chi connectivity index (χ0n) is 21.0. The maximum absolute atomic E-state index is 12.1. The first kappa shape index (κ1) is 26.6. The molecule has 0 amide bonds. The van der Waals surface area contributed by atoms with Gasteiger partial charge in [-0.05, 0) is 85.6 Å². The van der Waals surface area contributed by atoms with E-state index in [2.05, 4.69) is 16.3 Å². The summed E-state index contributed by atoms with van der Waals surface area (Å²) in [5.74, 6) is 1.09. The van der Waals surface area contributed by atoms with Gasteiger partial charge in [0.25, 0.3) is 0 Å². The minimum atomic E-state index is -0.299. The number of hydrogen-bond donors (Lipinski definition) is 0. The van der Waals surface area contributed by atoms with Crippen LogP contribution in [0.15, 0.2) is 101 Å². The number of hydrogen-bond acceptors (Lipinski definition) is 7. The average molecular weight is 527 g/mol. The fraction of sp³-hybridized carbons (Fsp3) is 0.200. The number of nitrogens with zero attached hydrogens (tertiary/aromatic N) is 4. The molecule has 7 nitrogen and oxygen atoms in total. The molecule has 1 aliphatic carbocycles. The molecule has 0 N–H and O–H groups in total. The molecule has 0 unspecified atom stereocenters. The molecule has 0 aliphatic heterocycles. The van der Waals surface area contributed by atoms with Crippen LogP contribution in [0.3, 0.4) is 0 Å². The summed E-state index contributed by atoms with van der Waals surface area (Å²) >= 11 is 5.91. The summed E-state index contributed by atoms with van der Waals surface area (Å²) < 4.78 is 11.2. The standard InChI is InChI=1S/C30H27ClN4O3/c1-22-21-26(35(18-4-17-32)19-20-37-30(36)23-5-2-3-6-23)11-16-29(22)34-33-25-9-14-28(15-10-25)38-27-12-7-24(31)8-13-27/h2-3,5,7-16,21H,4,6,18-20H2,1H3. The van der Waals surface area contributed by atoms with Crippen LogP contribution in [0, 0.1) is 18.3 Å². The van der Waals surface area contributed by atoms with Gasteiger partial charge in [0.1, 0.15) is 18.1 Å². The molecule has 0 bridgehead atoms. The van der Waals surface area contributed by atoms with E-state index in [1.807, 2.05) is 78.6 Å². The van der Waals surface area contributed by atoms with Crippen molar-refractivity contribution in [3.63, 3.8) is 0 Å². The lowest BCUT2D eigenvalue weighted by Gasteiger charge is -2.24. The fourth-order valence-corrected chi connectivity index (χ4v) is 3.90. The SMILES string of the molecule is Cc1cc(N(CCC#N)CCOC(=O)C2=CC=CC2)ccc1N=Nc1ccc(Oc2ccc(Cl)cc2)cc1. The Bertz CT molecular complexity index is 1390. The Morgan fingerprint density at radius 1 is 1.03 bits per heavy atom. The number of carbonyl (C=O) groups excluding carboxylic acids is 1. The third-order valence-corrected chi connectivity index (χ3v) is 6.08. The van der Waals surface area contributed by atoms with Gasteiger partial charge in [0, 0.05) is 22.8 Å². The third kappa shape index (κ3) is 7.55. The van der Waals surface area contributed by atoms with E-state index in [4.69, 9.17) is 26.3 Å². The molecular formula is C30H27ClN4O3. The second-order valence-electron chi connectivity index (χ2n) is 8.58. The minimum absolute atomic E-state index is 0.236. The molecule has 38 heavy (non-hydrogen) atoms. The molecule has 0 saturated heterocycles. The summed E-state index contributed by atoms with van der Waals surface area (Å²) in [5, 5.41) is 18.5. The number of allylic oxidation sites excluding steroid dienone is 3. The number of benzene rings is 3. The van der Waals surface area contributed by atoms with Gasteiger partial charge in [-0.1, -0.05) is 29.8 Å². The van der Waals surface area contributed by atoms with Crippen molar-refractivity contribution in [1.29, 1.82) is 5.26 Å². The number of carbonyl (C=O) groups is 1. The normalized spacial score (nSPS) is 12.3. The first-order valence-electron chi connectivity index (χ1n) is 12.2. The van der Waals surface area contributed by atoms with Gasteiger partial charge in [0.15, 0.2) is 0 Å². The van der Waals surface area contributed by atoms with E-state index in [-0.39, 0.29) is 12.6 Å². The number of aryl methyl sites for hydroxylation is 1. The smallest absolute Gasteiger partial charge is 0.334 e. The summed E-state index contributed by atoms with van der Waals surface area (Å²) in [5.41, 5.74) is 3.96. The third-order valence-electron chi connectivity index (χ3n) is 5.83. The van der Waals surface area contributed by atoms with Crippen LogP contribution in [0.2, 0.25) is 5.02 Å². The molecule has 0 saturated carbocycles. The zero-order valence-corrected chi connectivity index (χ0v) is 21.8. The van der Waals surface area contributed by atoms with Gasteiger partial charge in [-0.2, -0.15) is 15.5 Å². The molecule has 0 aromatic heterocycles. The predicted molar refractivity (Wildman–Crippen MR) is 149 cm³/mol. The van der Waals surface area contributed by atoms with Crippen molar-refractivity contribution in [2.45, 2.75) is 19.8 Å². The second-order valence-corrected chi connectivity index (χ2v) is 9.01. The second kappa shape index (κ2) is 13.2. The number of esters is 1. The summed E-state index contributed by atoms with van der Waals surface area (Å²) in [6, 6.07) is 22.5. The van der Waals surface area contributed by atoms with Gasteiger partial charge in [0.2, 0.25) is 0 Å². The van der Waals surface area contributed by atoms with Crippen LogP contribution in [-0.4, -0.2) is 25.7 Å². The quantitative estimate of drug-likeness (QED) is 0.186. The van der Waals surface area contributed by atoms with E-state index in [9.17, 15) is 4.79 Å². The molecule has 0 spiro atoms. The monoisotopic (exact) mass is 526 g/mol.